The Balaban J connectivity index is 1.99. The molecular weight excluding hydrogens is 302 g/mol. The molecule has 0 unspecified atom stereocenters. The van der Waals surface area contributed by atoms with Crippen LogP contribution in [0.4, 0.5) is 0 Å². The Morgan fingerprint density at radius 3 is 2.61 bits per heavy atom. The van der Waals surface area contributed by atoms with E-state index in [0.29, 0.717) is 0 Å². The summed E-state index contributed by atoms with van der Waals surface area (Å²) in [4.78, 5) is 13.1. The monoisotopic (exact) mass is 321 g/mol. The Kier molecular flexibility index (Phi) is 3.16. The minimum Gasteiger partial charge on any atom is -0.360 e. The summed E-state index contributed by atoms with van der Waals surface area (Å²) >= 11 is 1.74. The maximum atomic E-state index is 4.96. The van der Waals surface area contributed by atoms with E-state index >= 15 is 0 Å². The Labute approximate surface area is 139 Å². The average molecular weight is 321 g/mol. The fourth-order valence-corrected chi connectivity index (χ4v) is 3.52. The molecule has 0 saturated carbocycles. The molecule has 0 saturated heterocycles. The summed E-state index contributed by atoms with van der Waals surface area (Å²) in [6, 6.07) is 12.6. The van der Waals surface area contributed by atoms with E-state index < -0.39 is 0 Å². The number of imidazole rings is 1. The number of thiophene rings is 1. The van der Waals surface area contributed by atoms with Crippen LogP contribution < -0.4 is 0 Å². The quantitative estimate of drug-likeness (QED) is 0.497. The molecule has 3 nitrogen and oxygen atoms in total. The number of nitrogens with one attached hydrogen (secondary N) is 2. The van der Waals surface area contributed by atoms with Crippen molar-refractivity contribution in [3.05, 3.63) is 53.8 Å². The van der Waals surface area contributed by atoms with Crippen molar-refractivity contribution in [1.82, 2.24) is 15.0 Å². The zero-order chi connectivity index (χ0) is 16.0. The Morgan fingerprint density at radius 2 is 1.87 bits per heavy atom. The van der Waals surface area contributed by atoms with Crippen LogP contribution in [0.15, 0.2) is 48.0 Å². The molecule has 0 aliphatic rings. The molecule has 3 heterocycles. The molecule has 3 aromatic heterocycles. The molecule has 116 valence electrons. The molecular formula is C19H19N3S. The molecule has 1 aromatic carbocycles. The first-order valence-electron chi connectivity index (χ1n) is 7.75. The molecule has 0 amide bonds. The van der Waals surface area contributed by atoms with Crippen LogP contribution in [-0.4, -0.2) is 15.0 Å². The summed E-state index contributed by atoms with van der Waals surface area (Å²) < 4.78 is 0. The van der Waals surface area contributed by atoms with E-state index in [0.717, 1.165) is 28.3 Å². The molecule has 2 N–H and O–H groups in total. The predicted molar refractivity (Wildman–Crippen MR) is 97.9 cm³/mol. The first-order chi connectivity index (χ1) is 11.0. The van der Waals surface area contributed by atoms with Crippen LogP contribution in [0, 0.1) is 0 Å². The molecule has 4 heteroatoms. The fourth-order valence-electron chi connectivity index (χ4n) is 2.79. The summed E-state index contributed by atoms with van der Waals surface area (Å²) in [6.45, 7) is 6.55. The van der Waals surface area contributed by atoms with E-state index in [1.54, 1.807) is 11.3 Å². The van der Waals surface area contributed by atoms with Gasteiger partial charge in [0.2, 0.25) is 0 Å². The minimum atomic E-state index is -0.0175. The summed E-state index contributed by atoms with van der Waals surface area (Å²) in [5.74, 6) is 1.01. The molecule has 0 aliphatic heterocycles. The van der Waals surface area contributed by atoms with Gasteiger partial charge in [0.25, 0.3) is 0 Å². The molecule has 0 atom stereocenters. The minimum absolute atomic E-state index is 0.0175. The first-order valence-corrected chi connectivity index (χ1v) is 8.63. The van der Waals surface area contributed by atoms with Crippen molar-refractivity contribution in [2.75, 3.05) is 0 Å². The topological polar surface area (TPSA) is 44.5 Å². The van der Waals surface area contributed by atoms with Crippen LogP contribution >= 0.6 is 11.3 Å². The third-order valence-electron chi connectivity index (χ3n) is 4.03. The largest absolute Gasteiger partial charge is 0.360 e. The van der Waals surface area contributed by atoms with Gasteiger partial charge in [0.15, 0.2) is 0 Å². The van der Waals surface area contributed by atoms with Crippen LogP contribution in [0.2, 0.25) is 0 Å². The van der Waals surface area contributed by atoms with Crippen molar-refractivity contribution >= 4 is 22.2 Å². The van der Waals surface area contributed by atoms with E-state index in [1.165, 1.54) is 10.3 Å². The number of aromatic nitrogens is 3. The number of hydrogen-bond donors (Lipinski definition) is 2. The van der Waals surface area contributed by atoms with Crippen molar-refractivity contribution in [3.63, 3.8) is 0 Å². The second-order valence-corrected chi connectivity index (χ2v) is 7.73. The van der Waals surface area contributed by atoms with E-state index in [1.807, 2.05) is 6.07 Å². The van der Waals surface area contributed by atoms with Crippen LogP contribution in [0.25, 0.3) is 32.7 Å². The highest BCUT2D eigenvalue weighted by Crippen LogP contribution is 2.38. The predicted octanol–water partition coefficient (Wildman–Crippen LogP) is 5.58. The normalized spacial score (nSPS) is 12.1. The Morgan fingerprint density at radius 1 is 1.04 bits per heavy atom. The van der Waals surface area contributed by atoms with Crippen LogP contribution in [-0.2, 0) is 5.41 Å². The number of rotatable bonds is 2. The second-order valence-electron chi connectivity index (χ2n) is 6.78. The molecule has 4 rings (SSSR count). The molecule has 0 radical (unpaired) electrons. The lowest BCUT2D eigenvalue weighted by molar-refractivity contribution is 0.553. The van der Waals surface area contributed by atoms with Gasteiger partial charge in [-0.1, -0.05) is 45.0 Å². The first kappa shape index (κ1) is 14.3. The van der Waals surface area contributed by atoms with E-state index in [-0.39, 0.29) is 5.41 Å². The number of para-hydroxylation sites is 1. The van der Waals surface area contributed by atoms with Crippen molar-refractivity contribution in [2.24, 2.45) is 0 Å². The third kappa shape index (κ3) is 2.39. The lowest BCUT2D eigenvalue weighted by Gasteiger charge is -2.14. The van der Waals surface area contributed by atoms with E-state index in [4.69, 9.17) is 4.98 Å². The van der Waals surface area contributed by atoms with Gasteiger partial charge in [-0.15, -0.1) is 11.3 Å². The number of aromatic amines is 2. The standard InChI is InChI=1S/C19H19N3S/c1-19(2,3)18-21-16(17(22-18)15-9-6-10-23-15)13-11-20-14-8-5-4-7-12(13)14/h4-11,20H,1-3H3,(H,21,22). The number of nitrogens with zero attached hydrogens (tertiary/aromatic N) is 1. The summed E-state index contributed by atoms with van der Waals surface area (Å²) in [7, 11) is 0. The average Bonchev–Trinajstić information content (AvgIpc) is 3.24. The van der Waals surface area contributed by atoms with Crippen molar-refractivity contribution in [3.8, 4) is 21.8 Å². The maximum Gasteiger partial charge on any atom is 0.112 e. The molecule has 0 aliphatic carbocycles. The Bertz CT molecular complexity index is 952. The maximum absolute atomic E-state index is 4.96. The molecule has 0 spiro atoms. The number of fused-ring (bicyclic) bond motifs is 1. The van der Waals surface area contributed by atoms with Gasteiger partial charge < -0.3 is 9.97 Å². The zero-order valence-electron chi connectivity index (χ0n) is 13.5. The summed E-state index contributed by atoms with van der Waals surface area (Å²) in [6.07, 6.45) is 2.06. The lowest BCUT2D eigenvalue weighted by atomic mass is 9.96. The van der Waals surface area contributed by atoms with Gasteiger partial charge in [-0.3, -0.25) is 0 Å². The number of benzene rings is 1. The molecule has 0 fully saturated rings. The van der Waals surface area contributed by atoms with Gasteiger partial charge in [0.1, 0.15) is 5.82 Å². The zero-order valence-corrected chi connectivity index (χ0v) is 14.3. The van der Waals surface area contributed by atoms with Gasteiger partial charge in [-0.05, 0) is 17.5 Å². The van der Waals surface area contributed by atoms with Crippen molar-refractivity contribution < 1.29 is 0 Å². The Hall–Kier alpha value is -2.33. The number of H-pyrrole nitrogens is 2. The van der Waals surface area contributed by atoms with Gasteiger partial charge >= 0.3 is 0 Å². The number of hydrogen-bond acceptors (Lipinski definition) is 2. The second kappa shape index (κ2) is 5.10. The van der Waals surface area contributed by atoms with Gasteiger partial charge in [-0.2, -0.15) is 0 Å². The van der Waals surface area contributed by atoms with Crippen LogP contribution in [0.3, 0.4) is 0 Å². The van der Waals surface area contributed by atoms with Gasteiger partial charge in [0.05, 0.1) is 16.3 Å². The third-order valence-corrected chi connectivity index (χ3v) is 4.91. The molecule has 23 heavy (non-hydrogen) atoms. The lowest BCUT2D eigenvalue weighted by Crippen LogP contribution is -2.13. The van der Waals surface area contributed by atoms with Crippen LogP contribution in [0.5, 0.6) is 0 Å². The van der Waals surface area contributed by atoms with Gasteiger partial charge in [-0.25, -0.2) is 4.98 Å². The van der Waals surface area contributed by atoms with Crippen molar-refractivity contribution in [2.45, 2.75) is 26.2 Å². The fraction of sp³-hybridized carbons (Fsp3) is 0.211. The van der Waals surface area contributed by atoms with Gasteiger partial charge in [0, 0.05) is 28.1 Å². The van der Waals surface area contributed by atoms with E-state index in [9.17, 15) is 0 Å². The summed E-state index contributed by atoms with van der Waals surface area (Å²) in [5, 5.41) is 3.31. The highest BCUT2D eigenvalue weighted by atomic mass is 32.1. The molecule has 0 bridgehead atoms. The highest BCUT2D eigenvalue weighted by molar-refractivity contribution is 7.13. The highest BCUT2D eigenvalue weighted by Gasteiger charge is 2.23. The van der Waals surface area contributed by atoms with E-state index in [2.05, 4.69) is 72.6 Å². The van der Waals surface area contributed by atoms with Crippen molar-refractivity contribution in [1.29, 1.82) is 0 Å². The smallest absolute Gasteiger partial charge is 0.112 e. The molecule has 4 aromatic rings. The van der Waals surface area contributed by atoms with Crippen LogP contribution in [0.1, 0.15) is 26.6 Å². The SMILES string of the molecule is CC(C)(C)c1nc(-c2c[nH]c3ccccc23)c(-c2cccs2)[nH]1. The summed E-state index contributed by atoms with van der Waals surface area (Å²) in [5.41, 5.74) is 4.40.